The third kappa shape index (κ3) is 4.86. The van der Waals surface area contributed by atoms with Gasteiger partial charge in [-0.05, 0) is 37.1 Å². The Morgan fingerprint density at radius 1 is 1.17 bits per heavy atom. The van der Waals surface area contributed by atoms with Gasteiger partial charge in [-0.25, -0.2) is 4.98 Å². The van der Waals surface area contributed by atoms with Crippen LogP contribution in [0.5, 0.6) is 5.75 Å². The summed E-state index contributed by atoms with van der Waals surface area (Å²) in [6.45, 7) is 3.84. The SMILES string of the molecule is Cc1cccc(Nc2nc(Cc3ccccc3OC(F)(F)F)[nH]c(=O)c2C=N)c1C. The van der Waals surface area contributed by atoms with Crippen LogP contribution in [0.1, 0.15) is 28.1 Å². The van der Waals surface area contributed by atoms with E-state index in [1.165, 1.54) is 18.2 Å². The van der Waals surface area contributed by atoms with Crippen molar-refractivity contribution in [1.29, 1.82) is 5.41 Å². The maximum absolute atomic E-state index is 12.7. The number of para-hydroxylation sites is 1. The molecule has 0 aliphatic heterocycles. The lowest BCUT2D eigenvalue weighted by Crippen LogP contribution is -2.21. The normalized spacial score (nSPS) is 11.2. The molecule has 6 nitrogen and oxygen atoms in total. The van der Waals surface area contributed by atoms with E-state index >= 15 is 0 Å². The zero-order valence-corrected chi connectivity index (χ0v) is 16.2. The van der Waals surface area contributed by atoms with Crippen molar-refractivity contribution < 1.29 is 17.9 Å². The van der Waals surface area contributed by atoms with Gasteiger partial charge >= 0.3 is 6.36 Å². The van der Waals surface area contributed by atoms with Crippen LogP contribution in [0.4, 0.5) is 24.7 Å². The zero-order valence-electron chi connectivity index (χ0n) is 16.2. The first kappa shape index (κ1) is 21.1. The van der Waals surface area contributed by atoms with Crippen molar-refractivity contribution in [2.24, 2.45) is 0 Å². The number of benzene rings is 2. The predicted octanol–water partition coefficient (Wildman–Crippen LogP) is 4.62. The molecule has 0 fully saturated rings. The number of aromatic amines is 1. The molecule has 0 saturated heterocycles. The van der Waals surface area contributed by atoms with E-state index in [9.17, 15) is 18.0 Å². The third-order valence-electron chi connectivity index (χ3n) is 4.56. The Bertz CT molecular complexity index is 1140. The Labute approximate surface area is 170 Å². The van der Waals surface area contributed by atoms with Crippen LogP contribution in [0.25, 0.3) is 0 Å². The van der Waals surface area contributed by atoms with Gasteiger partial charge < -0.3 is 20.4 Å². The number of anilines is 2. The van der Waals surface area contributed by atoms with Gasteiger partial charge in [-0.15, -0.1) is 13.2 Å². The smallest absolute Gasteiger partial charge is 0.405 e. The molecule has 0 saturated carbocycles. The number of H-pyrrole nitrogens is 1. The van der Waals surface area contributed by atoms with Crippen molar-refractivity contribution in [3.05, 3.63) is 80.9 Å². The molecule has 0 aliphatic carbocycles. The molecule has 1 aromatic heterocycles. The highest BCUT2D eigenvalue weighted by Gasteiger charge is 2.32. The molecule has 0 unspecified atom stereocenters. The summed E-state index contributed by atoms with van der Waals surface area (Å²) in [5.74, 6) is -0.0869. The number of rotatable bonds is 6. The average molecular weight is 416 g/mol. The Balaban J connectivity index is 1.99. The molecule has 0 atom stereocenters. The fourth-order valence-electron chi connectivity index (χ4n) is 2.91. The fraction of sp³-hybridized carbons (Fsp3) is 0.190. The predicted molar refractivity (Wildman–Crippen MR) is 108 cm³/mol. The largest absolute Gasteiger partial charge is 0.573 e. The van der Waals surface area contributed by atoms with Gasteiger partial charge in [-0.2, -0.15) is 0 Å². The van der Waals surface area contributed by atoms with Gasteiger partial charge in [-0.3, -0.25) is 4.79 Å². The van der Waals surface area contributed by atoms with Gasteiger partial charge in [0, 0.05) is 23.9 Å². The van der Waals surface area contributed by atoms with Gasteiger partial charge in [0.1, 0.15) is 17.4 Å². The Kier molecular flexibility index (Phi) is 5.91. The highest BCUT2D eigenvalue weighted by molar-refractivity contribution is 5.85. The molecule has 156 valence electrons. The van der Waals surface area contributed by atoms with E-state index < -0.39 is 11.9 Å². The number of hydrogen-bond donors (Lipinski definition) is 3. The molecular weight excluding hydrogens is 397 g/mol. The number of nitrogens with zero attached hydrogens (tertiary/aromatic N) is 1. The average Bonchev–Trinajstić information content (AvgIpc) is 2.66. The Morgan fingerprint density at radius 2 is 1.90 bits per heavy atom. The molecule has 0 aliphatic rings. The zero-order chi connectivity index (χ0) is 21.9. The highest BCUT2D eigenvalue weighted by atomic mass is 19.4. The topological polar surface area (TPSA) is 90.9 Å². The van der Waals surface area contributed by atoms with Gasteiger partial charge in [0.2, 0.25) is 0 Å². The lowest BCUT2D eigenvalue weighted by molar-refractivity contribution is -0.274. The molecule has 3 aromatic rings. The van der Waals surface area contributed by atoms with E-state index in [0.29, 0.717) is 5.69 Å². The molecule has 1 heterocycles. The fourth-order valence-corrected chi connectivity index (χ4v) is 2.91. The first-order chi connectivity index (χ1) is 14.2. The van der Waals surface area contributed by atoms with Crippen molar-refractivity contribution in [3.8, 4) is 5.75 Å². The lowest BCUT2D eigenvalue weighted by Gasteiger charge is -2.15. The summed E-state index contributed by atoms with van der Waals surface area (Å²) in [5.41, 5.74) is 2.33. The van der Waals surface area contributed by atoms with Crippen LogP contribution in [-0.2, 0) is 6.42 Å². The number of aryl methyl sites for hydroxylation is 1. The Hall–Kier alpha value is -3.62. The maximum Gasteiger partial charge on any atom is 0.573 e. The molecule has 0 spiro atoms. The van der Waals surface area contributed by atoms with Crippen molar-refractivity contribution >= 4 is 17.7 Å². The molecule has 0 radical (unpaired) electrons. The van der Waals surface area contributed by atoms with Crippen molar-refractivity contribution in [2.45, 2.75) is 26.6 Å². The second kappa shape index (κ2) is 8.40. The maximum atomic E-state index is 12.7. The highest BCUT2D eigenvalue weighted by Crippen LogP contribution is 2.28. The van der Waals surface area contributed by atoms with E-state index in [2.05, 4.69) is 20.0 Å². The molecule has 3 rings (SSSR count). The molecule has 3 N–H and O–H groups in total. The van der Waals surface area contributed by atoms with E-state index in [4.69, 9.17) is 5.41 Å². The molecule has 2 aromatic carbocycles. The first-order valence-electron chi connectivity index (χ1n) is 8.98. The monoisotopic (exact) mass is 416 g/mol. The van der Waals surface area contributed by atoms with Crippen LogP contribution in [0.3, 0.4) is 0 Å². The minimum atomic E-state index is -4.84. The van der Waals surface area contributed by atoms with Crippen molar-refractivity contribution in [2.75, 3.05) is 5.32 Å². The minimum Gasteiger partial charge on any atom is -0.405 e. The van der Waals surface area contributed by atoms with Crippen LogP contribution in [-0.4, -0.2) is 22.5 Å². The molecule has 0 amide bonds. The standard InChI is InChI=1S/C21H19F3N4O2/c1-12-6-5-8-16(13(12)2)26-19-15(11-25)20(29)28-18(27-19)10-14-7-3-4-9-17(14)30-21(22,23)24/h3-9,11,25H,10H2,1-2H3,(H2,26,27,28,29). The van der Waals surface area contributed by atoms with Gasteiger partial charge in [0.05, 0.1) is 5.56 Å². The van der Waals surface area contributed by atoms with E-state index in [-0.39, 0.29) is 34.9 Å². The van der Waals surface area contributed by atoms with Gasteiger partial charge in [0.25, 0.3) is 5.56 Å². The number of alkyl halides is 3. The number of aromatic nitrogens is 2. The quantitative estimate of drug-likeness (QED) is 0.512. The molecular formula is C21H19F3N4O2. The number of nitrogens with one attached hydrogen (secondary N) is 3. The van der Waals surface area contributed by atoms with E-state index in [1.54, 1.807) is 6.07 Å². The molecule has 0 bridgehead atoms. The number of halogens is 3. The summed E-state index contributed by atoms with van der Waals surface area (Å²) in [4.78, 5) is 19.3. The summed E-state index contributed by atoms with van der Waals surface area (Å²) in [7, 11) is 0. The number of ether oxygens (including phenoxy) is 1. The van der Waals surface area contributed by atoms with Crippen LogP contribution < -0.4 is 15.6 Å². The van der Waals surface area contributed by atoms with E-state index in [0.717, 1.165) is 17.3 Å². The van der Waals surface area contributed by atoms with Crippen molar-refractivity contribution in [3.63, 3.8) is 0 Å². The van der Waals surface area contributed by atoms with Crippen molar-refractivity contribution in [1.82, 2.24) is 9.97 Å². The molecule has 9 heteroatoms. The van der Waals surface area contributed by atoms with Gasteiger partial charge in [-0.1, -0.05) is 30.3 Å². The first-order valence-corrected chi connectivity index (χ1v) is 8.98. The summed E-state index contributed by atoms with van der Waals surface area (Å²) in [6, 6.07) is 11.2. The van der Waals surface area contributed by atoms with Gasteiger partial charge in [0.15, 0.2) is 0 Å². The lowest BCUT2D eigenvalue weighted by atomic mass is 10.1. The molecule has 30 heavy (non-hydrogen) atoms. The van der Waals surface area contributed by atoms with Crippen LogP contribution in [0.15, 0.2) is 47.3 Å². The third-order valence-corrected chi connectivity index (χ3v) is 4.56. The second-order valence-electron chi connectivity index (χ2n) is 6.62. The second-order valence-corrected chi connectivity index (χ2v) is 6.62. The summed E-state index contributed by atoms with van der Waals surface area (Å²) < 4.78 is 42.1. The van der Waals surface area contributed by atoms with Crippen LogP contribution >= 0.6 is 0 Å². The van der Waals surface area contributed by atoms with Crippen LogP contribution in [0, 0.1) is 19.3 Å². The van der Waals surface area contributed by atoms with E-state index in [1.807, 2.05) is 32.0 Å². The Morgan fingerprint density at radius 3 is 2.60 bits per heavy atom. The number of hydrogen-bond acceptors (Lipinski definition) is 5. The van der Waals surface area contributed by atoms with Crippen LogP contribution in [0.2, 0.25) is 0 Å². The summed E-state index contributed by atoms with van der Waals surface area (Å²) in [6.07, 6.45) is -4.05. The summed E-state index contributed by atoms with van der Waals surface area (Å²) in [5, 5.41) is 10.6. The minimum absolute atomic E-state index is 0.0134. The summed E-state index contributed by atoms with van der Waals surface area (Å²) >= 11 is 0.